The van der Waals surface area contributed by atoms with E-state index in [-0.39, 0.29) is 23.4 Å². The van der Waals surface area contributed by atoms with Crippen molar-refractivity contribution >= 4 is 43.5 Å². The summed E-state index contributed by atoms with van der Waals surface area (Å²) in [6.45, 7) is 5.12. The van der Waals surface area contributed by atoms with Crippen LogP contribution < -0.4 is 9.62 Å². The summed E-state index contributed by atoms with van der Waals surface area (Å²) in [5.41, 5.74) is 2.86. The molecule has 0 radical (unpaired) electrons. The highest BCUT2D eigenvalue weighted by atomic mass is 79.9. The predicted molar refractivity (Wildman–Crippen MR) is 161 cm³/mol. The van der Waals surface area contributed by atoms with Gasteiger partial charge in [0, 0.05) is 17.1 Å². The number of anilines is 1. The predicted octanol–water partition coefficient (Wildman–Crippen LogP) is 5.74. The molecule has 2 amide bonds. The van der Waals surface area contributed by atoms with Crippen LogP contribution in [0.15, 0.2) is 82.2 Å². The first kappa shape index (κ1) is 29.8. The number of hydrogen-bond acceptors (Lipinski definition) is 4. The molecule has 0 aromatic heterocycles. The van der Waals surface area contributed by atoms with Gasteiger partial charge in [-0.25, -0.2) is 8.42 Å². The molecule has 1 fully saturated rings. The number of carbonyl (C=O) groups excluding carboxylic acids is 2. The van der Waals surface area contributed by atoms with E-state index in [1.807, 2.05) is 50.2 Å². The molecule has 0 unspecified atom stereocenters. The first-order valence-electron chi connectivity index (χ1n) is 13.6. The van der Waals surface area contributed by atoms with Crippen LogP contribution in [0.2, 0.25) is 0 Å². The average Bonchev–Trinajstić information content (AvgIpc) is 3.45. The van der Waals surface area contributed by atoms with Gasteiger partial charge >= 0.3 is 0 Å². The Morgan fingerprint density at radius 2 is 1.68 bits per heavy atom. The fraction of sp³-hybridized carbons (Fsp3) is 0.355. The van der Waals surface area contributed by atoms with Gasteiger partial charge in [-0.15, -0.1) is 0 Å². The van der Waals surface area contributed by atoms with Gasteiger partial charge in [-0.2, -0.15) is 0 Å². The summed E-state index contributed by atoms with van der Waals surface area (Å²) in [6, 6.07) is 20.5. The van der Waals surface area contributed by atoms with Crippen LogP contribution in [0.3, 0.4) is 0 Å². The number of sulfonamides is 1. The number of hydrogen-bond donors (Lipinski definition) is 1. The fourth-order valence-corrected chi connectivity index (χ4v) is 6.97. The minimum absolute atomic E-state index is 0.0919. The van der Waals surface area contributed by atoms with Gasteiger partial charge in [0.1, 0.15) is 12.6 Å². The second-order valence-corrected chi connectivity index (χ2v) is 13.2. The number of rotatable bonds is 10. The largest absolute Gasteiger partial charge is 0.352 e. The van der Waals surface area contributed by atoms with E-state index < -0.39 is 28.5 Å². The monoisotopic (exact) mass is 625 g/mol. The molecule has 212 valence electrons. The number of carbonyl (C=O) groups is 2. The van der Waals surface area contributed by atoms with Gasteiger partial charge in [0.05, 0.1) is 10.6 Å². The summed E-state index contributed by atoms with van der Waals surface area (Å²) in [7, 11) is -4.09. The topological polar surface area (TPSA) is 86.8 Å². The van der Waals surface area contributed by atoms with Crippen molar-refractivity contribution in [2.24, 2.45) is 0 Å². The Morgan fingerprint density at radius 3 is 2.35 bits per heavy atom. The number of amides is 2. The molecular formula is C31H36BrN3O4S. The van der Waals surface area contributed by atoms with Gasteiger partial charge in [0.2, 0.25) is 11.8 Å². The van der Waals surface area contributed by atoms with Crippen molar-refractivity contribution in [2.75, 3.05) is 10.8 Å². The Morgan fingerprint density at radius 1 is 0.975 bits per heavy atom. The quantitative estimate of drug-likeness (QED) is 0.311. The molecule has 4 rings (SSSR count). The van der Waals surface area contributed by atoms with Crippen molar-refractivity contribution in [1.82, 2.24) is 10.2 Å². The van der Waals surface area contributed by atoms with Gasteiger partial charge < -0.3 is 10.2 Å². The van der Waals surface area contributed by atoms with E-state index in [1.54, 1.807) is 31.2 Å². The zero-order valence-electron chi connectivity index (χ0n) is 23.1. The van der Waals surface area contributed by atoms with E-state index in [9.17, 15) is 18.0 Å². The molecule has 9 heteroatoms. The number of nitrogens with one attached hydrogen (secondary N) is 1. The van der Waals surface area contributed by atoms with Crippen molar-refractivity contribution in [3.8, 4) is 0 Å². The Hall–Kier alpha value is -3.17. The van der Waals surface area contributed by atoms with Crippen LogP contribution in [0.25, 0.3) is 0 Å². The summed E-state index contributed by atoms with van der Waals surface area (Å²) >= 11 is 3.48. The first-order valence-corrected chi connectivity index (χ1v) is 15.8. The molecule has 0 saturated heterocycles. The normalized spacial score (nSPS) is 14.5. The highest BCUT2D eigenvalue weighted by Crippen LogP contribution is 2.29. The van der Waals surface area contributed by atoms with Crippen molar-refractivity contribution in [1.29, 1.82) is 0 Å². The van der Waals surface area contributed by atoms with Crippen LogP contribution in [0.4, 0.5) is 5.69 Å². The van der Waals surface area contributed by atoms with Gasteiger partial charge in [0.25, 0.3) is 10.0 Å². The van der Waals surface area contributed by atoms with E-state index in [4.69, 9.17) is 0 Å². The molecular weight excluding hydrogens is 590 g/mol. The van der Waals surface area contributed by atoms with Crippen LogP contribution in [0.1, 0.15) is 49.3 Å². The maximum atomic E-state index is 14.1. The summed E-state index contributed by atoms with van der Waals surface area (Å²) < 4.78 is 29.9. The lowest BCUT2D eigenvalue weighted by molar-refractivity contribution is -0.139. The maximum absolute atomic E-state index is 14.1. The van der Waals surface area contributed by atoms with E-state index >= 15 is 0 Å². The maximum Gasteiger partial charge on any atom is 0.264 e. The van der Waals surface area contributed by atoms with Crippen molar-refractivity contribution < 1.29 is 18.0 Å². The highest BCUT2D eigenvalue weighted by molar-refractivity contribution is 9.10. The summed E-state index contributed by atoms with van der Waals surface area (Å²) in [5, 5.41) is 3.09. The lowest BCUT2D eigenvalue weighted by Gasteiger charge is -2.33. The van der Waals surface area contributed by atoms with Gasteiger partial charge in [-0.1, -0.05) is 71.2 Å². The Balaban J connectivity index is 1.71. The van der Waals surface area contributed by atoms with E-state index in [2.05, 4.69) is 21.2 Å². The molecule has 40 heavy (non-hydrogen) atoms. The second-order valence-electron chi connectivity index (χ2n) is 10.4. The minimum atomic E-state index is -4.09. The van der Waals surface area contributed by atoms with Crippen LogP contribution in [-0.2, 0) is 26.2 Å². The van der Waals surface area contributed by atoms with E-state index in [0.717, 1.165) is 46.8 Å². The van der Waals surface area contributed by atoms with E-state index in [0.29, 0.717) is 5.69 Å². The SMILES string of the molecule is Cc1ccc(C)c(N(CC(=O)N(Cc2cccc(Br)c2)[C@@H](C)C(=O)NC2CCCC2)S(=O)(=O)c2ccccc2)c1. The Kier molecular flexibility index (Phi) is 9.68. The molecule has 3 aromatic carbocycles. The number of halogens is 1. The molecule has 0 spiro atoms. The zero-order valence-corrected chi connectivity index (χ0v) is 25.5. The summed E-state index contributed by atoms with van der Waals surface area (Å²) in [4.78, 5) is 29.0. The van der Waals surface area contributed by atoms with Gasteiger partial charge in [0.15, 0.2) is 0 Å². The highest BCUT2D eigenvalue weighted by Gasteiger charge is 2.33. The van der Waals surface area contributed by atoms with Crippen LogP contribution >= 0.6 is 15.9 Å². The molecule has 1 N–H and O–H groups in total. The lowest BCUT2D eigenvalue weighted by Crippen LogP contribution is -2.52. The third kappa shape index (κ3) is 7.12. The van der Waals surface area contributed by atoms with Gasteiger partial charge in [-0.05, 0) is 80.6 Å². The molecule has 1 aliphatic rings. The van der Waals surface area contributed by atoms with Crippen LogP contribution in [0, 0.1) is 13.8 Å². The number of aryl methyl sites for hydroxylation is 2. The second kappa shape index (κ2) is 13.0. The van der Waals surface area contributed by atoms with Crippen LogP contribution in [0.5, 0.6) is 0 Å². The standard InChI is InChI=1S/C31H36BrN3O4S/c1-22-16-17-23(2)29(18-22)35(40(38,39)28-14-5-4-6-15-28)21-30(36)34(20-25-10-9-11-26(32)19-25)24(3)31(37)33-27-12-7-8-13-27/h4-6,9-11,14-19,24,27H,7-8,12-13,20-21H2,1-3H3,(H,33,37)/t24-/m0/s1. The molecule has 1 aliphatic carbocycles. The summed E-state index contributed by atoms with van der Waals surface area (Å²) in [6.07, 6.45) is 3.99. The van der Waals surface area contributed by atoms with Crippen molar-refractivity contribution in [3.05, 3.63) is 94.0 Å². The molecule has 0 aliphatic heterocycles. The molecule has 0 bridgehead atoms. The minimum Gasteiger partial charge on any atom is -0.352 e. The third-order valence-corrected chi connectivity index (χ3v) is 9.62. The first-order chi connectivity index (χ1) is 19.1. The number of nitrogens with zero attached hydrogens (tertiary/aromatic N) is 2. The average molecular weight is 627 g/mol. The zero-order chi connectivity index (χ0) is 28.9. The van der Waals surface area contributed by atoms with Crippen LogP contribution in [-0.4, -0.2) is 43.8 Å². The third-order valence-electron chi connectivity index (χ3n) is 7.35. The molecule has 7 nitrogen and oxygen atoms in total. The fourth-order valence-electron chi connectivity index (χ4n) is 5.03. The van der Waals surface area contributed by atoms with E-state index in [1.165, 1.54) is 21.3 Å². The molecule has 3 aromatic rings. The molecule has 1 saturated carbocycles. The Labute approximate surface area is 245 Å². The smallest absolute Gasteiger partial charge is 0.264 e. The summed E-state index contributed by atoms with van der Waals surface area (Å²) in [5.74, 6) is -0.700. The lowest BCUT2D eigenvalue weighted by atomic mass is 10.1. The molecule has 1 atom stereocenters. The Bertz CT molecular complexity index is 1460. The van der Waals surface area contributed by atoms with Crippen molar-refractivity contribution in [3.63, 3.8) is 0 Å². The molecule has 0 heterocycles. The van der Waals surface area contributed by atoms with Crippen molar-refractivity contribution in [2.45, 2.75) is 70.0 Å². The van der Waals surface area contributed by atoms with Gasteiger partial charge in [-0.3, -0.25) is 13.9 Å². The number of benzene rings is 3.